The van der Waals surface area contributed by atoms with Gasteiger partial charge in [0.15, 0.2) is 11.5 Å². The van der Waals surface area contributed by atoms with Crippen LogP contribution in [0.2, 0.25) is 0 Å². The molecule has 1 saturated heterocycles. The van der Waals surface area contributed by atoms with Gasteiger partial charge in [-0.1, -0.05) is 18.2 Å². The van der Waals surface area contributed by atoms with Crippen LogP contribution in [0.25, 0.3) is 0 Å². The largest absolute Gasteiger partial charge is 0.493 e. The number of ether oxygens (including phenoxy) is 2. The smallest absolute Gasteiger partial charge is 0.165 e. The Hall–Kier alpha value is -1.52. The molecule has 2 aliphatic carbocycles. The molecule has 1 N–H and O–H groups in total. The molecule has 1 fully saturated rings. The average molecular weight is 299 g/mol. The first kappa shape index (κ1) is 13.0. The predicted molar refractivity (Wildman–Crippen MR) is 82.5 cm³/mol. The lowest BCUT2D eigenvalue weighted by atomic mass is 9.53. The molecule has 0 radical (unpaired) electrons. The molecule has 1 aromatic rings. The molecule has 0 saturated carbocycles. The average Bonchev–Trinajstić information content (AvgIpc) is 3.03. The van der Waals surface area contributed by atoms with Crippen LogP contribution in [0.4, 0.5) is 0 Å². The number of benzene rings is 1. The summed E-state index contributed by atoms with van der Waals surface area (Å²) in [5, 5.41) is 11.1. The molecule has 5 rings (SSSR count). The number of aliphatic hydroxyl groups is 1. The first-order valence-corrected chi connectivity index (χ1v) is 8.09. The van der Waals surface area contributed by atoms with Crippen molar-refractivity contribution in [3.05, 3.63) is 35.4 Å². The zero-order valence-corrected chi connectivity index (χ0v) is 13.0. The molecule has 22 heavy (non-hydrogen) atoms. The van der Waals surface area contributed by atoms with E-state index in [-0.39, 0.29) is 17.1 Å². The fraction of sp³-hybridized carbons (Fsp3) is 0.556. The van der Waals surface area contributed by atoms with Crippen LogP contribution in [0.1, 0.15) is 24.0 Å². The van der Waals surface area contributed by atoms with Gasteiger partial charge >= 0.3 is 0 Å². The maximum absolute atomic E-state index is 11.1. The Kier molecular flexibility index (Phi) is 2.28. The van der Waals surface area contributed by atoms with Crippen molar-refractivity contribution in [1.29, 1.82) is 0 Å². The highest BCUT2D eigenvalue weighted by Crippen LogP contribution is 2.65. The first-order valence-electron chi connectivity index (χ1n) is 8.09. The summed E-state index contributed by atoms with van der Waals surface area (Å²) in [6, 6.07) is 4.09. The lowest BCUT2D eigenvalue weighted by Gasteiger charge is -2.54. The van der Waals surface area contributed by atoms with Gasteiger partial charge in [-0.25, -0.2) is 0 Å². The summed E-state index contributed by atoms with van der Waals surface area (Å²) in [6.07, 6.45) is 6.76. The Morgan fingerprint density at radius 3 is 3.09 bits per heavy atom. The Bertz CT molecular complexity index is 700. The Morgan fingerprint density at radius 1 is 1.41 bits per heavy atom. The van der Waals surface area contributed by atoms with Crippen LogP contribution in [0.5, 0.6) is 11.5 Å². The molecule has 4 atom stereocenters. The van der Waals surface area contributed by atoms with Gasteiger partial charge < -0.3 is 14.6 Å². The van der Waals surface area contributed by atoms with E-state index in [1.165, 1.54) is 11.1 Å². The van der Waals surface area contributed by atoms with E-state index >= 15 is 0 Å². The summed E-state index contributed by atoms with van der Waals surface area (Å²) in [7, 11) is 3.83. The maximum Gasteiger partial charge on any atom is 0.165 e. The van der Waals surface area contributed by atoms with Gasteiger partial charge in [-0.15, -0.1) is 0 Å². The fourth-order valence-electron chi connectivity index (χ4n) is 5.68. The van der Waals surface area contributed by atoms with Gasteiger partial charge in [0.1, 0.15) is 6.10 Å². The Morgan fingerprint density at radius 2 is 2.27 bits per heavy atom. The van der Waals surface area contributed by atoms with Crippen molar-refractivity contribution in [3.8, 4) is 11.5 Å². The van der Waals surface area contributed by atoms with Crippen molar-refractivity contribution >= 4 is 0 Å². The summed E-state index contributed by atoms with van der Waals surface area (Å²) in [6.45, 7) is 0.983. The number of methoxy groups -OCH3 is 1. The first-order chi connectivity index (χ1) is 10.6. The molecule has 0 bridgehead atoms. The second kappa shape index (κ2) is 3.87. The predicted octanol–water partition coefficient (Wildman–Crippen LogP) is 1.65. The highest BCUT2D eigenvalue weighted by Gasteiger charge is 2.71. The number of aliphatic hydroxyl groups excluding tert-OH is 1. The van der Waals surface area contributed by atoms with E-state index in [2.05, 4.69) is 30.2 Å². The fourth-order valence-corrected chi connectivity index (χ4v) is 5.68. The number of rotatable bonds is 1. The van der Waals surface area contributed by atoms with E-state index in [9.17, 15) is 5.11 Å². The summed E-state index contributed by atoms with van der Waals surface area (Å²) >= 11 is 0. The van der Waals surface area contributed by atoms with Crippen LogP contribution in [0, 0.1) is 0 Å². The molecule has 2 heterocycles. The van der Waals surface area contributed by atoms with E-state index in [0.29, 0.717) is 6.42 Å². The van der Waals surface area contributed by atoms with Crippen molar-refractivity contribution in [1.82, 2.24) is 4.90 Å². The van der Waals surface area contributed by atoms with Crippen LogP contribution in [0.3, 0.4) is 0 Å². The summed E-state index contributed by atoms with van der Waals surface area (Å²) in [5.74, 6) is 1.74. The third-order valence-corrected chi connectivity index (χ3v) is 6.51. The molecule has 1 aromatic carbocycles. The minimum atomic E-state index is -0.394. The number of hydrogen-bond donors (Lipinski definition) is 1. The molecule has 4 aliphatic rings. The van der Waals surface area contributed by atoms with Crippen molar-refractivity contribution in [3.63, 3.8) is 0 Å². The monoisotopic (exact) mass is 299 g/mol. The summed E-state index contributed by atoms with van der Waals surface area (Å²) in [4.78, 5) is 2.33. The van der Waals surface area contributed by atoms with Crippen LogP contribution in [-0.4, -0.2) is 48.5 Å². The Labute approximate surface area is 130 Å². The normalized spacial score (nSPS) is 41.0. The standard InChI is InChI=1S/C18H21NO3/c1-19-9-8-17-14-4-3-7-18(17,19)13(20)10-11-5-6-12(21-2)16(22-14)15(11)17/h3,5-7,13-14,20H,4,8-10H2,1-2H3/t13-,14-,17+,18+/m0/s1. The van der Waals surface area contributed by atoms with E-state index in [4.69, 9.17) is 9.47 Å². The molecule has 0 amide bonds. The number of likely N-dealkylation sites (N-methyl/N-ethyl adjacent to an activating group) is 1. The van der Waals surface area contributed by atoms with Gasteiger partial charge in [0, 0.05) is 18.4 Å². The molecule has 4 nitrogen and oxygen atoms in total. The quantitative estimate of drug-likeness (QED) is 0.801. The summed E-state index contributed by atoms with van der Waals surface area (Å²) < 4.78 is 12.0. The van der Waals surface area contributed by atoms with Gasteiger partial charge in [-0.2, -0.15) is 0 Å². The van der Waals surface area contributed by atoms with E-state index < -0.39 is 6.10 Å². The van der Waals surface area contributed by atoms with Gasteiger partial charge in [-0.3, -0.25) is 4.90 Å². The minimum absolute atomic E-state index is 0.0995. The van der Waals surface area contributed by atoms with E-state index in [1.807, 2.05) is 6.07 Å². The molecule has 2 aliphatic heterocycles. The SMILES string of the molecule is COc1ccc2c3c1O[C@H]1CC=C[C@]4([C@@H](O)C2)N(C)CC[C@]314. The van der Waals surface area contributed by atoms with Crippen LogP contribution in [0.15, 0.2) is 24.3 Å². The number of hydrogen-bond acceptors (Lipinski definition) is 4. The molecule has 1 spiro atoms. The lowest BCUT2D eigenvalue weighted by molar-refractivity contribution is -0.0391. The van der Waals surface area contributed by atoms with Crippen LogP contribution < -0.4 is 9.47 Å². The van der Waals surface area contributed by atoms with Crippen molar-refractivity contribution in [2.45, 2.75) is 42.4 Å². The number of likely N-dealkylation sites (tertiary alicyclic amines) is 1. The van der Waals surface area contributed by atoms with Gasteiger partial charge in [0.2, 0.25) is 0 Å². The van der Waals surface area contributed by atoms with Gasteiger partial charge in [0.05, 0.1) is 24.2 Å². The van der Waals surface area contributed by atoms with Crippen molar-refractivity contribution in [2.75, 3.05) is 20.7 Å². The molecular formula is C18H21NO3. The van der Waals surface area contributed by atoms with Gasteiger partial charge in [0.25, 0.3) is 0 Å². The highest BCUT2D eigenvalue weighted by molar-refractivity contribution is 5.64. The third-order valence-electron chi connectivity index (χ3n) is 6.51. The molecule has 0 aromatic heterocycles. The van der Waals surface area contributed by atoms with Crippen LogP contribution >= 0.6 is 0 Å². The van der Waals surface area contributed by atoms with E-state index in [0.717, 1.165) is 30.9 Å². The zero-order valence-electron chi connectivity index (χ0n) is 13.0. The molecule has 0 unspecified atom stereocenters. The number of nitrogens with zero attached hydrogens (tertiary/aromatic N) is 1. The zero-order chi connectivity index (χ0) is 15.1. The maximum atomic E-state index is 11.1. The van der Waals surface area contributed by atoms with E-state index in [1.54, 1.807) is 7.11 Å². The van der Waals surface area contributed by atoms with Crippen LogP contribution in [-0.2, 0) is 11.8 Å². The second-order valence-electron chi connectivity index (χ2n) is 7.06. The summed E-state index contributed by atoms with van der Waals surface area (Å²) in [5.41, 5.74) is 2.07. The highest BCUT2D eigenvalue weighted by atomic mass is 16.5. The molecular weight excluding hydrogens is 278 g/mol. The third kappa shape index (κ3) is 1.11. The van der Waals surface area contributed by atoms with Gasteiger partial charge in [-0.05, 0) is 31.6 Å². The van der Waals surface area contributed by atoms with Crippen molar-refractivity contribution in [2.24, 2.45) is 0 Å². The van der Waals surface area contributed by atoms with Crippen molar-refractivity contribution < 1.29 is 14.6 Å². The minimum Gasteiger partial charge on any atom is -0.493 e. The molecule has 116 valence electrons. The lowest BCUT2D eigenvalue weighted by Crippen LogP contribution is -2.68. The molecule has 4 heteroatoms. The Balaban J connectivity index is 1.88. The topological polar surface area (TPSA) is 41.9 Å². The second-order valence-corrected chi connectivity index (χ2v) is 7.06.